The van der Waals surface area contributed by atoms with E-state index in [2.05, 4.69) is 22.8 Å². The van der Waals surface area contributed by atoms with Crippen molar-refractivity contribution in [3.8, 4) is 0 Å². The van der Waals surface area contributed by atoms with Crippen molar-refractivity contribution < 1.29 is 8.42 Å². The van der Waals surface area contributed by atoms with Gasteiger partial charge in [0.05, 0.1) is 4.90 Å². The van der Waals surface area contributed by atoms with Crippen LogP contribution >= 0.6 is 11.6 Å². The van der Waals surface area contributed by atoms with Crippen LogP contribution in [0.4, 0.5) is 0 Å². The molecule has 27 heavy (non-hydrogen) atoms. The number of aromatic nitrogens is 1. The zero-order chi connectivity index (χ0) is 18.6. The Bertz CT molecular complexity index is 1120. The van der Waals surface area contributed by atoms with Gasteiger partial charge < -0.3 is 4.57 Å². The molecule has 2 aromatic carbocycles. The first-order valence-electron chi connectivity index (χ1n) is 9.39. The summed E-state index contributed by atoms with van der Waals surface area (Å²) in [4.78, 5) is 0.303. The van der Waals surface area contributed by atoms with Crippen LogP contribution < -0.4 is 0 Å². The van der Waals surface area contributed by atoms with Gasteiger partial charge in [-0.05, 0) is 54.7 Å². The molecule has 0 unspecified atom stereocenters. The largest absolute Gasteiger partial charge is 0.344 e. The molecule has 1 aliphatic heterocycles. The summed E-state index contributed by atoms with van der Waals surface area (Å²) in [6.07, 6.45) is 3.36. The molecule has 1 aromatic heterocycles. The molecule has 3 aromatic rings. The standard InChI is InChI=1S/C21H21ClN2O2S/c22-16-7-9-17(10-8-16)27(25,26)23-12-11-21-19(14-23)18-3-1-2-4-20(18)24(21)13-15-5-6-15/h1-4,7-10,15H,5-6,11-14H2. The van der Waals surface area contributed by atoms with Crippen LogP contribution in [0.25, 0.3) is 10.9 Å². The van der Waals surface area contributed by atoms with Crippen LogP contribution in [-0.4, -0.2) is 23.8 Å². The molecule has 140 valence electrons. The van der Waals surface area contributed by atoms with Gasteiger partial charge in [-0.1, -0.05) is 29.8 Å². The molecule has 2 aliphatic rings. The monoisotopic (exact) mass is 400 g/mol. The molecule has 5 rings (SSSR count). The van der Waals surface area contributed by atoms with Crippen molar-refractivity contribution in [1.29, 1.82) is 0 Å². The highest BCUT2D eigenvalue weighted by atomic mass is 35.5. The first kappa shape index (κ1) is 17.3. The Kier molecular flexibility index (Phi) is 4.08. The third-order valence-corrected chi connectivity index (χ3v) is 7.83. The average molecular weight is 401 g/mol. The number of fused-ring (bicyclic) bond motifs is 3. The van der Waals surface area contributed by atoms with E-state index in [4.69, 9.17) is 11.6 Å². The topological polar surface area (TPSA) is 42.3 Å². The lowest BCUT2D eigenvalue weighted by molar-refractivity contribution is 0.385. The fraction of sp³-hybridized carbons (Fsp3) is 0.333. The summed E-state index contributed by atoms with van der Waals surface area (Å²) >= 11 is 5.92. The normalized spacial score (nSPS) is 18.0. The predicted octanol–water partition coefficient (Wildman–Crippen LogP) is 4.45. The molecule has 0 bridgehead atoms. The second-order valence-electron chi connectivity index (χ2n) is 7.54. The number of para-hydroxylation sites is 1. The van der Waals surface area contributed by atoms with Crippen LogP contribution in [0.3, 0.4) is 0 Å². The van der Waals surface area contributed by atoms with Crippen molar-refractivity contribution >= 4 is 32.5 Å². The highest BCUT2D eigenvalue weighted by molar-refractivity contribution is 7.89. The highest BCUT2D eigenvalue weighted by Crippen LogP contribution is 2.37. The van der Waals surface area contributed by atoms with Gasteiger partial charge in [0, 0.05) is 47.7 Å². The molecule has 0 N–H and O–H groups in total. The third kappa shape index (κ3) is 2.98. The van der Waals surface area contributed by atoms with Crippen molar-refractivity contribution in [2.24, 2.45) is 5.92 Å². The Balaban J connectivity index is 1.55. The van der Waals surface area contributed by atoms with E-state index in [9.17, 15) is 8.42 Å². The molecule has 0 radical (unpaired) electrons. The van der Waals surface area contributed by atoms with Crippen LogP contribution in [0.15, 0.2) is 53.4 Å². The number of rotatable bonds is 4. The van der Waals surface area contributed by atoms with Gasteiger partial charge >= 0.3 is 0 Å². The molecule has 0 saturated heterocycles. The van der Waals surface area contributed by atoms with E-state index in [-0.39, 0.29) is 0 Å². The predicted molar refractivity (Wildman–Crippen MR) is 107 cm³/mol. The summed E-state index contributed by atoms with van der Waals surface area (Å²) in [5.41, 5.74) is 3.71. The van der Waals surface area contributed by atoms with E-state index in [0.29, 0.717) is 23.0 Å². The molecule has 1 saturated carbocycles. The van der Waals surface area contributed by atoms with Crippen LogP contribution in [0.2, 0.25) is 5.02 Å². The molecule has 6 heteroatoms. The van der Waals surface area contributed by atoms with Gasteiger partial charge in [-0.3, -0.25) is 0 Å². The van der Waals surface area contributed by atoms with E-state index >= 15 is 0 Å². The summed E-state index contributed by atoms with van der Waals surface area (Å²) in [5, 5.41) is 1.72. The average Bonchev–Trinajstić information content (AvgIpc) is 3.45. The summed E-state index contributed by atoms with van der Waals surface area (Å²) in [7, 11) is -3.53. The van der Waals surface area contributed by atoms with Gasteiger partial charge in [0.15, 0.2) is 0 Å². The minimum atomic E-state index is -3.53. The van der Waals surface area contributed by atoms with Crippen LogP contribution in [0.5, 0.6) is 0 Å². The van der Waals surface area contributed by atoms with E-state index < -0.39 is 10.0 Å². The number of halogens is 1. The molecule has 1 aliphatic carbocycles. The molecular weight excluding hydrogens is 380 g/mol. The Morgan fingerprint density at radius 2 is 1.78 bits per heavy atom. The van der Waals surface area contributed by atoms with Crippen molar-refractivity contribution in [1.82, 2.24) is 8.87 Å². The summed E-state index contributed by atoms with van der Waals surface area (Å²) in [5.74, 6) is 0.778. The lowest BCUT2D eigenvalue weighted by atomic mass is 10.1. The SMILES string of the molecule is O=S(=O)(c1ccc(Cl)cc1)N1CCc2c(c3ccccc3n2CC2CC2)C1. The second-order valence-corrected chi connectivity index (χ2v) is 9.91. The zero-order valence-electron chi connectivity index (χ0n) is 14.9. The molecule has 1 fully saturated rings. The summed E-state index contributed by atoms with van der Waals surface area (Å²) in [6.45, 7) is 2.00. The lowest BCUT2D eigenvalue weighted by Crippen LogP contribution is -2.36. The van der Waals surface area contributed by atoms with Crippen molar-refractivity contribution in [2.75, 3.05) is 6.54 Å². The van der Waals surface area contributed by atoms with Crippen molar-refractivity contribution in [3.63, 3.8) is 0 Å². The van der Waals surface area contributed by atoms with Crippen LogP contribution in [0.1, 0.15) is 24.1 Å². The first-order valence-corrected chi connectivity index (χ1v) is 11.2. The Hall–Kier alpha value is -1.82. The zero-order valence-corrected chi connectivity index (χ0v) is 16.5. The number of benzene rings is 2. The lowest BCUT2D eigenvalue weighted by Gasteiger charge is -2.27. The number of nitrogens with zero attached hydrogens (tertiary/aromatic N) is 2. The maximum absolute atomic E-state index is 13.1. The molecule has 0 atom stereocenters. The number of hydrogen-bond donors (Lipinski definition) is 0. The minimum absolute atomic E-state index is 0.303. The molecular formula is C21H21ClN2O2S. The maximum Gasteiger partial charge on any atom is 0.243 e. The van der Waals surface area contributed by atoms with Crippen LogP contribution in [0, 0.1) is 5.92 Å². The quantitative estimate of drug-likeness (QED) is 0.649. The second kappa shape index (κ2) is 6.36. The van der Waals surface area contributed by atoms with Crippen molar-refractivity contribution in [3.05, 3.63) is 64.8 Å². The minimum Gasteiger partial charge on any atom is -0.344 e. The summed E-state index contributed by atoms with van der Waals surface area (Å²) < 4.78 is 30.3. The van der Waals surface area contributed by atoms with E-state index in [1.165, 1.54) is 29.4 Å². The van der Waals surface area contributed by atoms with E-state index in [1.54, 1.807) is 28.6 Å². The smallest absolute Gasteiger partial charge is 0.243 e. The van der Waals surface area contributed by atoms with Gasteiger partial charge in [0.1, 0.15) is 0 Å². The fourth-order valence-electron chi connectivity index (χ4n) is 4.10. The van der Waals surface area contributed by atoms with Crippen molar-refractivity contribution in [2.45, 2.75) is 37.2 Å². The third-order valence-electron chi connectivity index (χ3n) is 5.72. The molecule has 0 amide bonds. The Labute approximate surface area is 164 Å². The molecule has 2 heterocycles. The van der Waals surface area contributed by atoms with Gasteiger partial charge in [-0.25, -0.2) is 8.42 Å². The Morgan fingerprint density at radius 1 is 1.04 bits per heavy atom. The molecule has 0 spiro atoms. The fourth-order valence-corrected chi connectivity index (χ4v) is 5.64. The summed E-state index contributed by atoms with van der Waals surface area (Å²) in [6, 6.07) is 14.8. The Morgan fingerprint density at radius 3 is 2.52 bits per heavy atom. The van der Waals surface area contributed by atoms with Crippen LogP contribution in [-0.2, 0) is 29.5 Å². The molecule has 4 nitrogen and oxygen atoms in total. The van der Waals surface area contributed by atoms with E-state index in [0.717, 1.165) is 24.4 Å². The van der Waals surface area contributed by atoms with Gasteiger partial charge in [-0.15, -0.1) is 0 Å². The maximum atomic E-state index is 13.1. The first-order chi connectivity index (χ1) is 13.0. The highest BCUT2D eigenvalue weighted by Gasteiger charge is 2.33. The van der Waals surface area contributed by atoms with E-state index in [1.807, 2.05) is 6.07 Å². The van der Waals surface area contributed by atoms with Gasteiger partial charge in [-0.2, -0.15) is 4.31 Å². The number of hydrogen-bond acceptors (Lipinski definition) is 2. The number of sulfonamides is 1. The van der Waals surface area contributed by atoms with Gasteiger partial charge in [0.25, 0.3) is 0 Å². The van der Waals surface area contributed by atoms with Gasteiger partial charge in [0.2, 0.25) is 10.0 Å².